The predicted molar refractivity (Wildman–Crippen MR) is 185 cm³/mol. The second-order valence-electron chi connectivity index (χ2n) is 12.1. The van der Waals surface area contributed by atoms with Crippen LogP contribution in [0.3, 0.4) is 0 Å². The summed E-state index contributed by atoms with van der Waals surface area (Å²) in [5, 5.41) is 8.12. The van der Waals surface area contributed by atoms with E-state index in [1.54, 1.807) is 0 Å². The van der Waals surface area contributed by atoms with Gasteiger partial charge >= 0.3 is 0 Å². The zero-order valence-electron chi connectivity index (χ0n) is 29.7. The molecule has 3 amide bonds. The van der Waals surface area contributed by atoms with Gasteiger partial charge in [0.2, 0.25) is 17.7 Å². The summed E-state index contributed by atoms with van der Waals surface area (Å²) in [6.07, 6.45) is 20.9. The van der Waals surface area contributed by atoms with Gasteiger partial charge in [-0.25, -0.2) is 0 Å². The van der Waals surface area contributed by atoms with Crippen LogP contribution in [0, 0.1) is 0 Å². The molecule has 0 heterocycles. The Morgan fingerprint density at radius 1 is 0.553 bits per heavy atom. The number of Topliss-reactive ketones (excluding diaryl/α,β-unsaturated/α-hetero) is 1. The molecule has 12 nitrogen and oxygen atoms in total. The third kappa shape index (κ3) is 33.6. The van der Waals surface area contributed by atoms with E-state index in [4.69, 9.17) is 24.7 Å². The molecule has 1 unspecified atom stereocenters. The molecular formula is C35H68N4O8. The normalized spacial score (nSPS) is 11.7. The van der Waals surface area contributed by atoms with Crippen molar-refractivity contribution in [3.8, 4) is 0 Å². The summed E-state index contributed by atoms with van der Waals surface area (Å²) in [6.45, 7) is 6.08. The van der Waals surface area contributed by atoms with Gasteiger partial charge in [-0.3, -0.25) is 19.2 Å². The highest BCUT2D eigenvalue weighted by Crippen LogP contribution is 2.14. The van der Waals surface area contributed by atoms with E-state index in [9.17, 15) is 19.2 Å². The molecule has 47 heavy (non-hydrogen) atoms. The molecule has 0 aliphatic heterocycles. The minimum atomic E-state index is -0.768. The molecular weight excluding hydrogens is 604 g/mol. The highest BCUT2D eigenvalue weighted by molar-refractivity contribution is 5.87. The van der Waals surface area contributed by atoms with Crippen molar-refractivity contribution in [1.82, 2.24) is 16.0 Å². The minimum absolute atomic E-state index is 0.0228. The smallest absolute Gasteiger partial charge is 0.246 e. The number of hydrogen-bond donors (Lipinski definition) is 4. The zero-order valence-corrected chi connectivity index (χ0v) is 29.7. The van der Waals surface area contributed by atoms with Crippen molar-refractivity contribution >= 4 is 23.5 Å². The number of carbonyl (C=O) groups is 4. The monoisotopic (exact) mass is 673 g/mol. The summed E-state index contributed by atoms with van der Waals surface area (Å²) in [5.41, 5.74) is 5.72. The number of carbonyl (C=O) groups excluding carboxylic acids is 4. The fourth-order valence-corrected chi connectivity index (χ4v) is 4.84. The van der Waals surface area contributed by atoms with Crippen LogP contribution in [0.25, 0.3) is 0 Å². The summed E-state index contributed by atoms with van der Waals surface area (Å²) in [7, 11) is 0. The van der Waals surface area contributed by atoms with Crippen LogP contribution in [0.2, 0.25) is 0 Å². The van der Waals surface area contributed by atoms with Gasteiger partial charge in [0.25, 0.3) is 0 Å². The van der Waals surface area contributed by atoms with Crippen LogP contribution in [0.4, 0.5) is 0 Å². The first-order valence-electron chi connectivity index (χ1n) is 18.2. The summed E-state index contributed by atoms with van der Waals surface area (Å²) in [5.74, 6) is -0.792. The van der Waals surface area contributed by atoms with Crippen LogP contribution < -0.4 is 21.7 Å². The van der Waals surface area contributed by atoms with E-state index in [2.05, 4.69) is 22.9 Å². The van der Waals surface area contributed by atoms with Crippen molar-refractivity contribution in [3.63, 3.8) is 0 Å². The van der Waals surface area contributed by atoms with Crippen LogP contribution in [-0.4, -0.2) is 102 Å². The number of nitrogens with one attached hydrogen (secondary N) is 3. The van der Waals surface area contributed by atoms with Gasteiger partial charge in [-0.1, -0.05) is 103 Å². The number of rotatable bonds is 36. The maximum atomic E-state index is 12.4. The van der Waals surface area contributed by atoms with Gasteiger partial charge < -0.3 is 40.6 Å². The van der Waals surface area contributed by atoms with Crippen LogP contribution in [0.5, 0.6) is 0 Å². The summed E-state index contributed by atoms with van der Waals surface area (Å²) in [6, 6.07) is -0.768. The Morgan fingerprint density at radius 2 is 1.00 bits per heavy atom. The molecule has 0 fully saturated rings. The van der Waals surface area contributed by atoms with Gasteiger partial charge in [-0.2, -0.15) is 0 Å². The van der Waals surface area contributed by atoms with E-state index in [0.29, 0.717) is 32.8 Å². The zero-order chi connectivity index (χ0) is 34.6. The first-order chi connectivity index (χ1) is 22.9. The standard InChI is InChI=1S/C35H68N4O8/c1-3-4-5-6-7-8-9-10-11-12-13-14-15-16-17-18-19-33(41)39-32(28-36)35(43)38-21-23-45-25-27-47-30-34(42)37-20-22-44-24-26-46-29-31(2)40/h32H,3-30,36H2,1-2H3,(H,37,42)(H,38,43)(H,39,41). The largest absolute Gasteiger partial charge is 0.377 e. The van der Waals surface area contributed by atoms with Crippen LogP contribution >= 0.6 is 0 Å². The molecule has 0 aliphatic rings. The molecule has 0 spiro atoms. The Kier molecular flexibility index (Phi) is 33.6. The molecule has 0 aliphatic carbocycles. The first kappa shape index (κ1) is 44.9. The second-order valence-corrected chi connectivity index (χ2v) is 12.1. The van der Waals surface area contributed by atoms with Crippen LogP contribution in [-0.2, 0) is 38.1 Å². The van der Waals surface area contributed by atoms with E-state index < -0.39 is 6.04 Å². The SMILES string of the molecule is CCCCCCCCCCCCCCCCCCC(=O)NC(CN)C(=O)NCCOCCOCC(=O)NCCOCCOCC(C)=O. The van der Waals surface area contributed by atoms with Crippen molar-refractivity contribution in [2.45, 2.75) is 129 Å². The lowest BCUT2D eigenvalue weighted by Gasteiger charge is -2.16. The molecule has 0 saturated heterocycles. The van der Waals surface area contributed by atoms with Gasteiger partial charge in [0, 0.05) is 26.1 Å². The molecule has 0 rings (SSSR count). The van der Waals surface area contributed by atoms with Crippen LogP contribution in [0.1, 0.15) is 123 Å². The topological polar surface area (TPSA) is 167 Å². The van der Waals surface area contributed by atoms with E-state index in [0.717, 1.165) is 19.3 Å². The predicted octanol–water partition coefficient (Wildman–Crippen LogP) is 3.97. The maximum absolute atomic E-state index is 12.4. The Balaban J connectivity index is 3.58. The lowest BCUT2D eigenvalue weighted by Crippen LogP contribution is -2.51. The second kappa shape index (κ2) is 35.2. The molecule has 12 heteroatoms. The Hall–Kier alpha value is -2.12. The van der Waals surface area contributed by atoms with E-state index in [1.807, 2.05) is 0 Å². The Labute approximate surface area is 284 Å². The third-order valence-electron chi connectivity index (χ3n) is 7.54. The fraction of sp³-hybridized carbons (Fsp3) is 0.886. The van der Waals surface area contributed by atoms with E-state index in [1.165, 1.54) is 90.4 Å². The number of ketones is 1. The lowest BCUT2D eigenvalue weighted by molar-refractivity contribution is -0.129. The number of amides is 3. The maximum Gasteiger partial charge on any atom is 0.246 e. The molecule has 0 saturated carbocycles. The van der Waals surface area contributed by atoms with Crippen molar-refractivity contribution in [1.29, 1.82) is 0 Å². The Morgan fingerprint density at radius 3 is 1.49 bits per heavy atom. The molecule has 0 radical (unpaired) electrons. The molecule has 5 N–H and O–H groups in total. The van der Waals surface area contributed by atoms with Gasteiger partial charge in [0.05, 0.1) is 39.6 Å². The van der Waals surface area contributed by atoms with Crippen molar-refractivity contribution in [2.75, 3.05) is 72.5 Å². The van der Waals surface area contributed by atoms with Gasteiger partial charge in [-0.15, -0.1) is 0 Å². The molecule has 0 aromatic rings. The third-order valence-corrected chi connectivity index (χ3v) is 7.54. The van der Waals surface area contributed by atoms with Crippen LogP contribution in [0.15, 0.2) is 0 Å². The number of unbranched alkanes of at least 4 members (excludes halogenated alkanes) is 15. The molecule has 0 bridgehead atoms. The molecule has 0 aromatic heterocycles. The summed E-state index contributed by atoms with van der Waals surface area (Å²) < 4.78 is 21.0. The van der Waals surface area contributed by atoms with Crippen molar-refractivity contribution in [3.05, 3.63) is 0 Å². The number of ether oxygens (including phenoxy) is 4. The molecule has 1 atom stereocenters. The number of nitrogens with two attached hydrogens (primary N) is 1. The van der Waals surface area contributed by atoms with E-state index in [-0.39, 0.29) is 69.6 Å². The molecule has 276 valence electrons. The highest BCUT2D eigenvalue weighted by atomic mass is 16.5. The summed E-state index contributed by atoms with van der Waals surface area (Å²) >= 11 is 0. The van der Waals surface area contributed by atoms with Crippen molar-refractivity contribution < 1.29 is 38.1 Å². The fourth-order valence-electron chi connectivity index (χ4n) is 4.84. The minimum Gasteiger partial charge on any atom is -0.377 e. The molecule has 0 aromatic carbocycles. The lowest BCUT2D eigenvalue weighted by atomic mass is 10.0. The van der Waals surface area contributed by atoms with E-state index >= 15 is 0 Å². The van der Waals surface area contributed by atoms with Crippen molar-refractivity contribution in [2.24, 2.45) is 5.73 Å². The first-order valence-corrected chi connectivity index (χ1v) is 18.2. The highest BCUT2D eigenvalue weighted by Gasteiger charge is 2.18. The van der Waals surface area contributed by atoms with Gasteiger partial charge in [0.15, 0.2) is 5.78 Å². The average Bonchev–Trinajstić information content (AvgIpc) is 3.05. The average molecular weight is 673 g/mol. The summed E-state index contributed by atoms with van der Waals surface area (Å²) in [4.78, 5) is 47.2. The number of hydrogen-bond acceptors (Lipinski definition) is 9. The quantitative estimate of drug-likeness (QED) is 0.0720. The van der Waals surface area contributed by atoms with Gasteiger partial charge in [0.1, 0.15) is 19.3 Å². The van der Waals surface area contributed by atoms with Gasteiger partial charge in [-0.05, 0) is 13.3 Å². The Bertz CT molecular complexity index is 772.